The van der Waals surface area contributed by atoms with Crippen LogP contribution in [-0.2, 0) is 14.3 Å². The number of hydrogen-bond donors (Lipinski definition) is 2. The molecule has 0 atom stereocenters. The van der Waals surface area contributed by atoms with Gasteiger partial charge in [-0.3, -0.25) is 9.59 Å². The summed E-state index contributed by atoms with van der Waals surface area (Å²) < 4.78 is 4.71. The Morgan fingerprint density at radius 2 is 1.63 bits per heavy atom. The third kappa shape index (κ3) is 6.22. The average Bonchev–Trinajstić information content (AvgIpc) is 2.39. The summed E-state index contributed by atoms with van der Waals surface area (Å²) in [5.41, 5.74) is 1.34. The minimum absolute atomic E-state index is 0.0108. The van der Waals surface area contributed by atoms with Gasteiger partial charge in [-0.15, -0.1) is 11.6 Å². The van der Waals surface area contributed by atoms with Crippen LogP contribution < -0.4 is 10.6 Å². The van der Waals surface area contributed by atoms with Crippen LogP contribution in [0.4, 0.5) is 11.4 Å². The predicted octanol–water partition coefficient (Wildman–Crippen LogP) is 2.23. The number of benzene rings is 1. The van der Waals surface area contributed by atoms with E-state index in [0.717, 1.165) is 0 Å². The normalized spacial score (nSPS) is 10.0. The Hall–Kier alpha value is -1.59. The summed E-state index contributed by atoms with van der Waals surface area (Å²) in [7, 11) is 1.46. The number of hydrogen-bond acceptors (Lipinski definition) is 3. The molecule has 0 saturated heterocycles. The van der Waals surface area contributed by atoms with Crippen molar-refractivity contribution in [3.63, 3.8) is 0 Å². The van der Waals surface area contributed by atoms with Crippen LogP contribution in [0.2, 0.25) is 0 Å². The zero-order valence-electron chi connectivity index (χ0n) is 10.7. The Bertz CT molecular complexity index is 420. The highest BCUT2D eigenvalue weighted by Crippen LogP contribution is 2.14. The highest BCUT2D eigenvalue weighted by atomic mass is 35.5. The number of anilines is 2. The average molecular weight is 285 g/mol. The molecular weight excluding hydrogens is 268 g/mol. The topological polar surface area (TPSA) is 67.4 Å². The largest absolute Gasteiger partial charge is 0.375 e. The fraction of sp³-hybridized carbons (Fsp3) is 0.385. The third-order valence-electron chi connectivity index (χ3n) is 2.27. The van der Waals surface area contributed by atoms with Crippen LogP contribution in [0.1, 0.15) is 12.8 Å². The van der Waals surface area contributed by atoms with Crippen molar-refractivity contribution in [3.8, 4) is 0 Å². The lowest BCUT2D eigenvalue weighted by Crippen LogP contribution is -2.17. The van der Waals surface area contributed by atoms with E-state index < -0.39 is 0 Å². The predicted molar refractivity (Wildman–Crippen MR) is 75.5 cm³/mol. The first kappa shape index (κ1) is 15.5. The summed E-state index contributed by atoms with van der Waals surface area (Å²) in [5.74, 6) is 0.177. The number of carbonyl (C=O) groups excluding carboxylic acids is 2. The maximum absolute atomic E-state index is 11.5. The molecule has 1 aromatic rings. The number of alkyl halides is 1. The molecule has 0 aliphatic carbocycles. The standard InChI is InChI=1S/C13H17ClN2O3/c1-19-9-13(18)16-11-6-4-10(5-7-11)15-12(17)3-2-8-14/h4-7H,2-3,8-9H2,1H3,(H,15,17)(H,16,18). The molecule has 104 valence electrons. The summed E-state index contributed by atoms with van der Waals surface area (Å²) in [6, 6.07) is 6.87. The van der Waals surface area contributed by atoms with E-state index in [1.165, 1.54) is 7.11 Å². The van der Waals surface area contributed by atoms with Gasteiger partial charge in [0.15, 0.2) is 0 Å². The van der Waals surface area contributed by atoms with Crippen LogP contribution >= 0.6 is 11.6 Å². The van der Waals surface area contributed by atoms with Gasteiger partial charge in [0, 0.05) is 30.8 Å². The molecule has 0 fully saturated rings. The lowest BCUT2D eigenvalue weighted by atomic mass is 10.2. The summed E-state index contributed by atoms with van der Waals surface area (Å²) in [6.07, 6.45) is 1.05. The van der Waals surface area contributed by atoms with E-state index in [0.29, 0.717) is 30.1 Å². The van der Waals surface area contributed by atoms with Crippen molar-refractivity contribution in [1.82, 2.24) is 0 Å². The molecule has 0 bridgehead atoms. The first-order valence-electron chi connectivity index (χ1n) is 5.90. The Kier molecular flexibility index (Phi) is 6.92. The second-order valence-electron chi connectivity index (χ2n) is 3.90. The molecule has 0 aliphatic rings. The number of ether oxygens (including phenoxy) is 1. The molecule has 2 N–H and O–H groups in total. The van der Waals surface area contributed by atoms with Crippen LogP contribution in [0.25, 0.3) is 0 Å². The number of halogens is 1. The molecule has 5 nitrogen and oxygen atoms in total. The maximum Gasteiger partial charge on any atom is 0.250 e. The van der Waals surface area contributed by atoms with E-state index in [-0.39, 0.29) is 18.4 Å². The molecule has 0 radical (unpaired) electrons. The molecule has 0 spiro atoms. The monoisotopic (exact) mass is 284 g/mol. The van der Waals surface area contributed by atoms with Gasteiger partial charge in [0.2, 0.25) is 11.8 Å². The van der Waals surface area contributed by atoms with Crippen LogP contribution in [0.15, 0.2) is 24.3 Å². The number of rotatable bonds is 7. The summed E-state index contributed by atoms with van der Waals surface area (Å²) >= 11 is 5.51. The van der Waals surface area contributed by atoms with Gasteiger partial charge in [0.05, 0.1) is 0 Å². The molecule has 0 aromatic heterocycles. The van der Waals surface area contributed by atoms with Crippen LogP contribution in [-0.4, -0.2) is 31.4 Å². The molecule has 6 heteroatoms. The van der Waals surface area contributed by atoms with Gasteiger partial charge < -0.3 is 15.4 Å². The highest BCUT2D eigenvalue weighted by Gasteiger charge is 2.03. The zero-order valence-corrected chi connectivity index (χ0v) is 11.5. The van der Waals surface area contributed by atoms with E-state index in [4.69, 9.17) is 16.3 Å². The first-order chi connectivity index (χ1) is 9.15. The summed E-state index contributed by atoms with van der Waals surface area (Å²) in [5, 5.41) is 5.41. The minimum Gasteiger partial charge on any atom is -0.375 e. The highest BCUT2D eigenvalue weighted by molar-refractivity contribution is 6.18. The lowest BCUT2D eigenvalue weighted by Gasteiger charge is -2.07. The Labute approximate surface area is 117 Å². The molecule has 0 heterocycles. The first-order valence-corrected chi connectivity index (χ1v) is 6.44. The quantitative estimate of drug-likeness (QED) is 0.755. The maximum atomic E-state index is 11.5. The van der Waals surface area contributed by atoms with Crippen LogP contribution in [0, 0.1) is 0 Å². The Balaban J connectivity index is 2.47. The number of carbonyl (C=O) groups is 2. The van der Waals surface area contributed by atoms with Gasteiger partial charge in [-0.25, -0.2) is 0 Å². The van der Waals surface area contributed by atoms with E-state index >= 15 is 0 Å². The molecule has 19 heavy (non-hydrogen) atoms. The van der Waals surface area contributed by atoms with Crippen molar-refractivity contribution in [3.05, 3.63) is 24.3 Å². The SMILES string of the molecule is COCC(=O)Nc1ccc(NC(=O)CCCCl)cc1. The molecule has 2 amide bonds. The zero-order chi connectivity index (χ0) is 14.1. The summed E-state index contributed by atoms with van der Waals surface area (Å²) in [6.45, 7) is 0.0108. The molecule has 0 aliphatic heterocycles. The van der Waals surface area contributed by atoms with Gasteiger partial charge in [0.1, 0.15) is 6.61 Å². The van der Waals surface area contributed by atoms with E-state index in [2.05, 4.69) is 10.6 Å². The van der Waals surface area contributed by atoms with Gasteiger partial charge >= 0.3 is 0 Å². The molecule has 1 aromatic carbocycles. The van der Waals surface area contributed by atoms with Gasteiger partial charge in [-0.2, -0.15) is 0 Å². The van der Waals surface area contributed by atoms with E-state index in [1.807, 2.05) is 0 Å². The second-order valence-corrected chi connectivity index (χ2v) is 4.28. The third-order valence-corrected chi connectivity index (χ3v) is 2.53. The van der Waals surface area contributed by atoms with Crippen molar-refractivity contribution in [2.75, 3.05) is 30.2 Å². The molecule has 0 unspecified atom stereocenters. The minimum atomic E-state index is -0.221. The summed E-state index contributed by atoms with van der Waals surface area (Å²) in [4.78, 5) is 22.7. The number of amides is 2. The number of nitrogens with one attached hydrogen (secondary N) is 2. The molecule has 1 rings (SSSR count). The van der Waals surface area contributed by atoms with Gasteiger partial charge in [-0.05, 0) is 30.7 Å². The van der Waals surface area contributed by atoms with Crippen LogP contribution in [0.5, 0.6) is 0 Å². The Morgan fingerprint density at radius 3 is 2.11 bits per heavy atom. The fourth-order valence-electron chi connectivity index (χ4n) is 1.42. The fourth-order valence-corrected chi connectivity index (χ4v) is 1.55. The van der Waals surface area contributed by atoms with Crippen molar-refractivity contribution in [2.24, 2.45) is 0 Å². The molecule has 0 saturated carbocycles. The molecular formula is C13H17ClN2O3. The van der Waals surface area contributed by atoms with Crippen molar-refractivity contribution < 1.29 is 14.3 Å². The lowest BCUT2D eigenvalue weighted by molar-refractivity contribution is -0.119. The smallest absolute Gasteiger partial charge is 0.250 e. The van der Waals surface area contributed by atoms with Gasteiger partial charge in [-0.1, -0.05) is 0 Å². The second kappa shape index (κ2) is 8.50. The van der Waals surface area contributed by atoms with E-state index in [9.17, 15) is 9.59 Å². The van der Waals surface area contributed by atoms with Crippen molar-refractivity contribution >= 4 is 34.8 Å². The van der Waals surface area contributed by atoms with Crippen molar-refractivity contribution in [1.29, 1.82) is 0 Å². The Morgan fingerprint density at radius 1 is 1.11 bits per heavy atom. The number of methoxy groups -OCH3 is 1. The van der Waals surface area contributed by atoms with Gasteiger partial charge in [0.25, 0.3) is 0 Å². The van der Waals surface area contributed by atoms with E-state index in [1.54, 1.807) is 24.3 Å². The van der Waals surface area contributed by atoms with Crippen molar-refractivity contribution in [2.45, 2.75) is 12.8 Å². The van der Waals surface area contributed by atoms with Crippen LogP contribution in [0.3, 0.4) is 0 Å².